The van der Waals surface area contributed by atoms with Gasteiger partial charge in [0.25, 0.3) is 11.1 Å². The normalized spacial score (nSPS) is 27.6. The summed E-state index contributed by atoms with van der Waals surface area (Å²) in [6, 6.07) is 0. The average molecular weight is 651 g/mol. The number of aliphatic hydroxyl groups excluding tert-OH is 1. The first-order valence-electron chi connectivity index (χ1n) is 12.5. The smallest absolute Gasteiger partial charge is 0.390 e. The molecule has 43 heavy (non-hydrogen) atoms. The number of phosphoric acid groups is 2. The standard InChI is InChI=1S/C20H27N7O14P2/c1-8-4-26(20(31)25-17(8)29)14-3-10(12(40-14)6-37-42(32,33)34)41-43(35,36)38-5-11-9(28)2-13(39-11)27-7-22-15-16(27)23-19(21)24-18(15)30/h4,7,9-14,28H,2-3,5-6H2,1H3,(H,35,36)(H,25,29,31)(H2,32,33,34)(H3,21,23,24,30)/t9-,10-,11+,12+,13+,14+/m0/s1. The van der Waals surface area contributed by atoms with Crippen LogP contribution in [0.5, 0.6) is 0 Å². The van der Waals surface area contributed by atoms with Crippen LogP contribution in [0, 0.1) is 6.92 Å². The minimum Gasteiger partial charge on any atom is -0.390 e. The van der Waals surface area contributed by atoms with E-state index in [0.717, 1.165) is 4.57 Å². The quantitative estimate of drug-likeness (QED) is 0.118. The number of aryl methyl sites for hydroxylation is 1. The van der Waals surface area contributed by atoms with Gasteiger partial charge in [-0.05, 0) is 6.92 Å². The van der Waals surface area contributed by atoms with Crippen molar-refractivity contribution in [3.8, 4) is 0 Å². The highest BCUT2D eigenvalue weighted by molar-refractivity contribution is 7.47. The van der Waals surface area contributed by atoms with Gasteiger partial charge >= 0.3 is 21.3 Å². The van der Waals surface area contributed by atoms with Gasteiger partial charge in [-0.15, -0.1) is 0 Å². The van der Waals surface area contributed by atoms with E-state index in [2.05, 4.69) is 24.5 Å². The molecule has 2 aliphatic rings. The number of aromatic amines is 2. The molecule has 3 aromatic rings. The Morgan fingerprint density at radius 2 is 1.70 bits per heavy atom. The number of H-pyrrole nitrogens is 2. The van der Waals surface area contributed by atoms with Crippen LogP contribution in [0.1, 0.15) is 30.9 Å². The lowest BCUT2D eigenvalue weighted by atomic mass is 10.2. The van der Waals surface area contributed by atoms with E-state index < -0.39 is 82.5 Å². The molecule has 0 aromatic carbocycles. The third-order valence-electron chi connectivity index (χ3n) is 6.68. The summed E-state index contributed by atoms with van der Waals surface area (Å²) in [5.41, 5.74) is 3.73. The van der Waals surface area contributed by atoms with Crippen LogP contribution in [0.2, 0.25) is 0 Å². The number of anilines is 1. The first-order valence-corrected chi connectivity index (χ1v) is 15.5. The van der Waals surface area contributed by atoms with Crippen molar-refractivity contribution >= 4 is 32.8 Å². The fourth-order valence-corrected chi connectivity index (χ4v) is 5.96. The van der Waals surface area contributed by atoms with E-state index >= 15 is 0 Å². The molecule has 0 spiro atoms. The number of phosphoric ester groups is 2. The number of nitrogen functional groups attached to an aromatic ring is 1. The number of hydrogen-bond acceptors (Lipinski definition) is 14. The predicted octanol–water partition coefficient (Wildman–Crippen LogP) is -1.89. The number of nitrogens with two attached hydrogens (primary N) is 1. The summed E-state index contributed by atoms with van der Waals surface area (Å²) >= 11 is 0. The Morgan fingerprint density at radius 1 is 1.02 bits per heavy atom. The molecule has 23 heteroatoms. The SMILES string of the molecule is Cc1cn([C@H]2C[C@H](OP(=O)(O)OC[C@H]3O[C@@H](n4cnc5c(=O)[nH]c(N)nc54)C[C@@H]3O)[C@@H](COP(=O)(O)O)O2)c(=O)[nH]c1=O. The molecule has 2 aliphatic heterocycles. The zero-order chi connectivity index (χ0) is 31.3. The number of imidazole rings is 1. The highest BCUT2D eigenvalue weighted by Gasteiger charge is 2.44. The molecular weight excluding hydrogens is 624 g/mol. The van der Waals surface area contributed by atoms with E-state index in [1.165, 1.54) is 24.0 Å². The van der Waals surface area contributed by atoms with Gasteiger partial charge in [0.1, 0.15) is 30.8 Å². The molecule has 1 unspecified atom stereocenters. The van der Waals surface area contributed by atoms with Gasteiger partial charge in [-0.3, -0.25) is 42.3 Å². The van der Waals surface area contributed by atoms with Crippen LogP contribution < -0.4 is 22.5 Å². The van der Waals surface area contributed by atoms with E-state index in [9.17, 15) is 33.5 Å². The lowest BCUT2D eigenvalue weighted by molar-refractivity contribution is -0.0559. The molecule has 7 atom stereocenters. The second-order valence-corrected chi connectivity index (χ2v) is 12.4. The Hall–Kier alpha value is -3.07. The summed E-state index contributed by atoms with van der Waals surface area (Å²) in [7, 11) is -9.95. The summed E-state index contributed by atoms with van der Waals surface area (Å²) in [5, 5.41) is 10.5. The van der Waals surface area contributed by atoms with Gasteiger partial charge in [-0.25, -0.2) is 18.9 Å². The maximum absolute atomic E-state index is 12.9. The minimum atomic E-state index is -4.99. The average Bonchev–Trinajstić information content (AvgIpc) is 3.60. The first-order chi connectivity index (χ1) is 20.1. The number of rotatable bonds is 10. The molecule has 8 N–H and O–H groups in total. The summed E-state index contributed by atoms with van der Waals surface area (Å²) < 4.78 is 52.6. The van der Waals surface area contributed by atoms with Gasteiger partial charge in [0, 0.05) is 24.6 Å². The Labute approximate surface area is 239 Å². The molecule has 21 nitrogen and oxygen atoms in total. The van der Waals surface area contributed by atoms with E-state index in [1.54, 1.807) is 0 Å². The van der Waals surface area contributed by atoms with Crippen molar-refractivity contribution in [2.45, 2.75) is 56.6 Å². The van der Waals surface area contributed by atoms with Gasteiger partial charge in [0.05, 0.1) is 25.6 Å². The molecule has 2 saturated heterocycles. The number of ether oxygens (including phenoxy) is 2. The van der Waals surface area contributed by atoms with E-state index in [0.29, 0.717) is 0 Å². The maximum atomic E-state index is 12.9. The number of hydrogen-bond donors (Lipinski definition) is 7. The summed E-state index contributed by atoms with van der Waals surface area (Å²) in [5.74, 6) is -0.167. The molecule has 2 fully saturated rings. The Kier molecular flexibility index (Phi) is 8.60. The second-order valence-electron chi connectivity index (χ2n) is 9.75. The van der Waals surface area contributed by atoms with Gasteiger partial charge in [-0.2, -0.15) is 4.98 Å². The van der Waals surface area contributed by atoms with Gasteiger partial charge < -0.3 is 35.0 Å². The van der Waals surface area contributed by atoms with Crippen molar-refractivity contribution in [2.24, 2.45) is 0 Å². The highest BCUT2D eigenvalue weighted by atomic mass is 31.2. The largest absolute Gasteiger partial charge is 0.472 e. The molecular formula is C20H27N7O14P2. The zero-order valence-electron chi connectivity index (χ0n) is 22.1. The van der Waals surface area contributed by atoms with Crippen molar-refractivity contribution in [2.75, 3.05) is 18.9 Å². The van der Waals surface area contributed by atoms with Crippen LogP contribution >= 0.6 is 15.6 Å². The van der Waals surface area contributed by atoms with Crippen molar-refractivity contribution in [3.63, 3.8) is 0 Å². The van der Waals surface area contributed by atoms with Crippen molar-refractivity contribution in [3.05, 3.63) is 49.3 Å². The van der Waals surface area contributed by atoms with E-state index in [4.69, 9.17) is 34.0 Å². The van der Waals surface area contributed by atoms with Crippen LogP contribution in [0.4, 0.5) is 5.95 Å². The van der Waals surface area contributed by atoms with Gasteiger partial charge in [0.15, 0.2) is 11.2 Å². The molecule has 0 aliphatic carbocycles. The second kappa shape index (κ2) is 11.8. The Balaban J connectivity index is 1.26. The topological polar surface area (TPSA) is 306 Å². The van der Waals surface area contributed by atoms with Crippen LogP contribution in [0.15, 0.2) is 26.9 Å². The third kappa shape index (κ3) is 7.03. The van der Waals surface area contributed by atoms with Gasteiger partial charge in [-0.1, -0.05) is 0 Å². The number of nitrogens with one attached hydrogen (secondary N) is 2. The predicted molar refractivity (Wildman–Crippen MR) is 140 cm³/mol. The molecule has 0 radical (unpaired) electrons. The lowest BCUT2D eigenvalue weighted by Crippen LogP contribution is -2.33. The molecule has 236 valence electrons. The Morgan fingerprint density at radius 3 is 2.42 bits per heavy atom. The zero-order valence-corrected chi connectivity index (χ0v) is 23.9. The molecule has 0 saturated carbocycles. The fourth-order valence-electron chi connectivity index (χ4n) is 4.66. The molecule has 5 heterocycles. The monoisotopic (exact) mass is 651 g/mol. The molecule has 0 bridgehead atoms. The summed E-state index contributed by atoms with van der Waals surface area (Å²) in [4.78, 5) is 77.1. The number of aliphatic hydroxyl groups is 1. The molecule has 0 amide bonds. The summed E-state index contributed by atoms with van der Waals surface area (Å²) in [6.07, 6.45) is -5.04. The number of aromatic nitrogens is 6. The van der Waals surface area contributed by atoms with Crippen LogP contribution in [-0.2, 0) is 32.2 Å². The molecule has 3 aromatic heterocycles. The lowest BCUT2D eigenvalue weighted by Gasteiger charge is -2.22. The Bertz CT molecular complexity index is 1780. The van der Waals surface area contributed by atoms with E-state index in [1.807, 2.05) is 0 Å². The number of nitrogens with zero attached hydrogens (tertiary/aromatic N) is 4. The minimum absolute atomic E-state index is 0.0195. The van der Waals surface area contributed by atoms with Crippen molar-refractivity contribution in [1.82, 2.24) is 29.1 Å². The summed E-state index contributed by atoms with van der Waals surface area (Å²) in [6.45, 7) is -0.0186. The van der Waals surface area contributed by atoms with Crippen LogP contribution in [0.25, 0.3) is 11.2 Å². The fraction of sp³-hybridized carbons (Fsp3) is 0.550. The van der Waals surface area contributed by atoms with Crippen molar-refractivity contribution in [1.29, 1.82) is 0 Å². The van der Waals surface area contributed by atoms with Crippen LogP contribution in [-0.4, -0.2) is 86.5 Å². The highest BCUT2D eigenvalue weighted by Crippen LogP contribution is 2.49. The maximum Gasteiger partial charge on any atom is 0.472 e. The van der Waals surface area contributed by atoms with Gasteiger partial charge in [0.2, 0.25) is 5.95 Å². The van der Waals surface area contributed by atoms with E-state index in [-0.39, 0.29) is 35.5 Å². The third-order valence-corrected chi connectivity index (χ3v) is 8.18. The van der Waals surface area contributed by atoms with Crippen molar-refractivity contribution < 1.29 is 52.0 Å². The van der Waals surface area contributed by atoms with Crippen LogP contribution in [0.3, 0.4) is 0 Å². The molecule has 5 rings (SSSR count). The number of fused-ring (bicyclic) bond motifs is 1. The first kappa shape index (κ1) is 31.4.